The molecule has 0 radical (unpaired) electrons. The molecule has 0 atom stereocenters. The van der Waals surface area contributed by atoms with Crippen LogP contribution in [0, 0.1) is 0 Å². The van der Waals surface area contributed by atoms with Crippen LogP contribution in [0.15, 0.2) is 0 Å². The molecule has 1 amide bonds. The number of hydrogen-bond acceptors (Lipinski definition) is 8. The van der Waals surface area contributed by atoms with E-state index in [2.05, 4.69) is 15.3 Å². The molecule has 0 unspecified atom stereocenters. The fraction of sp³-hybridized carbons (Fsp3) is 0.538. The van der Waals surface area contributed by atoms with Gasteiger partial charge in [-0.25, -0.2) is 9.97 Å². The van der Waals surface area contributed by atoms with Crippen LogP contribution in [0.1, 0.15) is 33.8 Å². The van der Waals surface area contributed by atoms with Crippen molar-refractivity contribution >= 4 is 23.3 Å². The van der Waals surface area contributed by atoms with Crippen molar-refractivity contribution < 1.29 is 19.1 Å². The lowest BCUT2D eigenvalue weighted by Crippen LogP contribution is -2.29. The lowest BCUT2D eigenvalue weighted by atomic mass is 10.1. The normalized spacial score (nSPS) is 10.5. The van der Waals surface area contributed by atoms with E-state index in [1.165, 1.54) is 7.11 Å². The van der Waals surface area contributed by atoms with Crippen LogP contribution in [0.4, 0.5) is 11.6 Å². The highest BCUT2D eigenvalue weighted by Crippen LogP contribution is 2.15. The molecule has 0 saturated carbocycles. The molecule has 122 valence electrons. The Morgan fingerprint density at radius 2 is 1.64 bits per heavy atom. The number of nitrogen functional groups attached to an aromatic ring is 2. The first kappa shape index (κ1) is 17.8. The number of ether oxygens (including phenoxy) is 2. The van der Waals surface area contributed by atoms with E-state index in [1.807, 2.05) is 0 Å². The third-order valence-electron chi connectivity index (χ3n) is 2.77. The van der Waals surface area contributed by atoms with Gasteiger partial charge in [0.2, 0.25) is 0 Å². The Morgan fingerprint density at radius 1 is 1.05 bits per heavy atom. The summed E-state index contributed by atoms with van der Waals surface area (Å²) in [7, 11) is 3.07. The Balaban J connectivity index is 2.82. The van der Waals surface area contributed by atoms with E-state index in [4.69, 9.17) is 20.9 Å². The fourth-order valence-corrected chi connectivity index (χ4v) is 1.68. The molecule has 1 aromatic heterocycles. The minimum absolute atomic E-state index is 0.0259. The second-order valence-corrected chi connectivity index (χ2v) is 4.46. The summed E-state index contributed by atoms with van der Waals surface area (Å²) in [5.74, 6) is -1.07. The molecule has 22 heavy (non-hydrogen) atoms. The second-order valence-electron chi connectivity index (χ2n) is 4.46. The first-order valence-electron chi connectivity index (χ1n) is 6.73. The molecule has 9 nitrogen and oxygen atoms in total. The smallest absolute Gasteiger partial charge is 0.273 e. The summed E-state index contributed by atoms with van der Waals surface area (Å²) in [4.78, 5) is 31.6. The van der Waals surface area contributed by atoms with E-state index in [-0.39, 0.29) is 35.2 Å². The summed E-state index contributed by atoms with van der Waals surface area (Å²) in [5.41, 5.74) is 11.3. The molecule has 0 aliphatic heterocycles. The number of hydrogen-bond donors (Lipinski definition) is 3. The number of amides is 1. The average molecular weight is 311 g/mol. The number of nitrogens with one attached hydrogen (secondary N) is 1. The van der Waals surface area contributed by atoms with Crippen molar-refractivity contribution in [2.24, 2.45) is 0 Å². The van der Waals surface area contributed by atoms with Crippen LogP contribution in [0.25, 0.3) is 0 Å². The van der Waals surface area contributed by atoms with Gasteiger partial charge in [0.05, 0.1) is 6.61 Å². The van der Waals surface area contributed by atoms with E-state index in [9.17, 15) is 9.59 Å². The van der Waals surface area contributed by atoms with Crippen molar-refractivity contribution in [2.75, 3.05) is 45.4 Å². The number of ketones is 1. The number of nitrogens with two attached hydrogens (primary N) is 2. The van der Waals surface area contributed by atoms with E-state index >= 15 is 0 Å². The average Bonchev–Trinajstić information content (AvgIpc) is 2.49. The zero-order chi connectivity index (χ0) is 16.5. The van der Waals surface area contributed by atoms with Gasteiger partial charge in [0, 0.05) is 33.8 Å². The maximum absolute atomic E-state index is 12.0. The Labute approximate surface area is 128 Å². The Hall–Kier alpha value is -2.26. The lowest BCUT2D eigenvalue weighted by Gasteiger charge is -2.09. The summed E-state index contributed by atoms with van der Waals surface area (Å²) in [6, 6.07) is 0. The number of nitrogens with zero attached hydrogens (tertiary/aromatic N) is 2. The Morgan fingerprint density at radius 3 is 2.27 bits per heavy atom. The molecule has 1 heterocycles. The molecule has 0 spiro atoms. The SMILES string of the molecule is COCCCC(=O)c1nc(N)c(C(=O)NCCOC)nc1N. The summed E-state index contributed by atoms with van der Waals surface area (Å²) in [6.45, 7) is 1.10. The van der Waals surface area contributed by atoms with Gasteiger partial charge in [-0.05, 0) is 6.42 Å². The monoisotopic (exact) mass is 311 g/mol. The third-order valence-corrected chi connectivity index (χ3v) is 2.77. The molecule has 0 fully saturated rings. The molecule has 0 aliphatic rings. The first-order chi connectivity index (χ1) is 10.5. The first-order valence-corrected chi connectivity index (χ1v) is 6.73. The summed E-state index contributed by atoms with van der Waals surface area (Å²) in [6.07, 6.45) is 0.751. The molecule has 0 saturated heterocycles. The number of methoxy groups -OCH3 is 2. The predicted octanol–water partition coefficient (Wildman–Crippen LogP) is -0.373. The van der Waals surface area contributed by atoms with Crippen LogP contribution in [0.5, 0.6) is 0 Å². The van der Waals surface area contributed by atoms with Gasteiger partial charge in [0.1, 0.15) is 0 Å². The van der Waals surface area contributed by atoms with Gasteiger partial charge in [-0.3, -0.25) is 9.59 Å². The summed E-state index contributed by atoms with van der Waals surface area (Å²) in [5, 5.41) is 2.56. The number of rotatable bonds is 9. The van der Waals surface area contributed by atoms with Crippen molar-refractivity contribution in [3.63, 3.8) is 0 Å². The third kappa shape index (κ3) is 4.93. The minimum atomic E-state index is -0.521. The minimum Gasteiger partial charge on any atom is -0.385 e. The molecule has 1 rings (SSSR count). The van der Waals surface area contributed by atoms with Crippen molar-refractivity contribution in [1.82, 2.24) is 15.3 Å². The molecular formula is C13H21N5O4. The summed E-state index contributed by atoms with van der Waals surface area (Å²) < 4.78 is 9.69. The Kier molecular flexibility index (Phi) is 7.20. The van der Waals surface area contributed by atoms with Gasteiger partial charge in [-0.15, -0.1) is 0 Å². The maximum Gasteiger partial charge on any atom is 0.273 e. The number of carbonyl (C=O) groups is 2. The fourth-order valence-electron chi connectivity index (χ4n) is 1.68. The van der Waals surface area contributed by atoms with Crippen LogP contribution >= 0.6 is 0 Å². The molecule has 5 N–H and O–H groups in total. The van der Waals surface area contributed by atoms with Crippen LogP contribution < -0.4 is 16.8 Å². The van der Waals surface area contributed by atoms with Crippen LogP contribution in [0.2, 0.25) is 0 Å². The number of anilines is 2. The van der Waals surface area contributed by atoms with Crippen molar-refractivity contribution in [3.8, 4) is 0 Å². The highest BCUT2D eigenvalue weighted by Gasteiger charge is 2.19. The molecular weight excluding hydrogens is 290 g/mol. The van der Waals surface area contributed by atoms with E-state index in [1.54, 1.807) is 7.11 Å². The summed E-state index contributed by atoms with van der Waals surface area (Å²) >= 11 is 0. The molecule has 0 bridgehead atoms. The van der Waals surface area contributed by atoms with Crippen LogP contribution in [-0.2, 0) is 9.47 Å². The standard InChI is InChI=1S/C13H21N5O4/c1-21-6-3-4-8(19)9-11(14)18-10(12(15)17-9)13(20)16-5-7-22-2/h3-7H2,1-2H3,(H2,14,18)(H2,15,17)(H,16,20). The highest BCUT2D eigenvalue weighted by molar-refractivity contribution is 6.01. The van der Waals surface area contributed by atoms with Gasteiger partial charge < -0.3 is 26.3 Å². The van der Waals surface area contributed by atoms with Crippen molar-refractivity contribution in [1.29, 1.82) is 0 Å². The highest BCUT2D eigenvalue weighted by atomic mass is 16.5. The number of aromatic nitrogens is 2. The quantitative estimate of drug-likeness (QED) is 0.414. The second kappa shape index (κ2) is 8.90. The maximum atomic E-state index is 12.0. The molecule has 0 aliphatic carbocycles. The van der Waals surface area contributed by atoms with Crippen LogP contribution in [-0.4, -0.2) is 55.6 Å². The van der Waals surface area contributed by atoms with Gasteiger partial charge in [0.15, 0.2) is 28.8 Å². The van der Waals surface area contributed by atoms with Gasteiger partial charge in [-0.2, -0.15) is 0 Å². The van der Waals surface area contributed by atoms with Crippen LogP contribution in [0.3, 0.4) is 0 Å². The number of carbonyl (C=O) groups excluding carboxylic acids is 2. The molecule has 0 aromatic carbocycles. The molecule has 9 heteroatoms. The van der Waals surface area contributed by atoms with Crippen molar-refractivity contribution in [2.45, 2.75) is 12.8 Å². The predicted molar refractivity (Wildman–Crippen MR) is 80.5 cm³/mol. The van der Waals surface area contributed by atoms with E-state index in [0.717, 1.165) is 0 Å². The zero-order valence-corrected chi connectivity index (χ0v) is 12.7. The largest absolute Gasteiger partial charge is 0.385 e. The number of Topliss-reactive ketones (excluding diaryl/α,β-unsaturated/α-hetero) is 1. The lowest BCUT2D eigenvalue weighted by molar-refractivity contribution is 0.0927. The topological polar surface area (TPSA) is 142 Å². The zero-order valence-electron chi connectivity index (χ0n) is 12.7. The van der Waals surface area contributed by atoms with E-state index < -0.39 is 5.91 Å². The van der Waals surface area contributed by atoms with Crippen molar-refractivity contribution in [3.05, 3.63) is 11.4 Å². The Bertz CT molecular complexity index is 488. The van der Waals surface area contributed by atoms with E-state index in [0.29, 0.717) is 26.2 Å². The van der Waals surface area contributed by atoms with Gasteiger partial charge >= 0.3 is 0 Å². The van der Waals surface area contributed by atoms with Gasteiger partial charge in [0.25, 0.3) is 5.91 Å². The van der Waals surface area contributed by atoms with Gasteiger partial charge in [-0.1, -0.05) is 0 Å². The molecule has 1 aromatic rings.